The smallest absolute Gasteiger partial charge is 0.334 e. The summed E-state index contributed by atoms with van der Waals surface area (Å²) in [5.41, 5.74) is 0.863. The van der Waals surface area contributed by atoms with Crippen LogP contribution in [0.3, 0.4) is 0 Å². The molecule has 2 bridgehead atoms. The molecule has 4 rings (SSSR count). The van der Waals surface area contributed by atoms with Gasteiger partial charge in [0.25, 0.3) is 8.32 Å². The van der Waals surface area contributed by atoms with Crippen LogP contribution < -0.4 is 10.4 Å². The number of benzene rings is 2. The lowest BCUT2D eigenvalue weighted by atomic mass is 9.73. The van der Waals surface area contributed by atoms with Gasteiger partial charge >= 0.3 is 5.97 Å². The molecule has 1 fully saturated rings. The zero-order valence-corrected chi connectivity index (χ0v) is 32.7. The van der Waals surface area contributed by atoms with E-state index in [9.17, 15) is 15.0 Å². The first-order valence-corrected chi connectivity index (χ1v) is 20.2. The molecule has 50 heavy (non-hydrogen) atoms. The predicted octanol–water partition coefficient (Wildman–Crippen LogP) is 7.94. The van der Waals surface area contributed by atoms with Crippen molar-refractivity contribution in [3.63, 3.8) is 0 Å². The van der Waals surface area contributed by atoms with E-state index in [2.05, 4.69) is 75.4 Å². The molecule has 2 N–H and O–H groups in total. The first kappa shape index (κ1) is 39.6. The fourth-order valence-corrected chi connectivity index (χ4v) is 12.4. The number of rotatable bonds is 7. The highest BCUT2D eigenvalue weighted by molar-refractivity contribution is 6.99. The van der Waals surface area contributed by atoms with E-state index in [1.165, 1.54) is 16.4 Å². The van der Waals surface area contributed by atoms with Crippen molar-refractivity contribution in [2.75, 3.05) is 0 Å². The fourth-order valence-electron chi connectivity index (χ4n) is 7.70. The number of carbonyl (C=O) groups is 1. The number of aliphatic hydroxyl groups excluding tert-OH is 2. The number of hydrogen-bond donors (Lipinski definition) is 2. The van der Waals surface area contributed by atoms with E-state index >= 15 is 0 Å². The molecule has 2 heterocycles. The van der Waals surface area contributed by atoms with Crippen LogP contribution in [0.15, 0.2) is 108 Å². The highest BCUT2D eigenvalue weighted by Gasteiger charge is 2.52. The summed E-state index contributed by atoms with van der Waals surface area (Å²) in [6.45, 7) is 18.5. The van der Waals surface area contributed by atoms with Gasteiger partial charge in [0.1, 0.15) is 18.0 Å². The standard InChI is InChI=1S/C43H60O6Si/c1-10-11-14-19-33-25-24-30(2)40(45)43(8,9)41(46)32(4)26-31(3)38-28-35(27-34(47-38)29-39(44)48-33)49-50(42(5,6)7,36-20-15-12-16-21-36)37-22-17-13-18-23-37/h10-13,15-18,20-24,26,29,32-33,35,38,40-41,45-46H,14,19,25,27-28H2,1-9H3/b11-10+,30-24+,31-26+,34-29?/t32-,33+,35+,38-,40+,41+/m0/s1. The Morgan fingerprint density at radius 2 is 1.56 bits per heavy atom. The third kappa shape index (κ3) is 9.16. The van der Waals surface area contributed by atoms with Crippen molar-refractivity contribution in [1.29, 1.82) is 0 Å². The lowest BCUT2D eigenvalue weighted by molar-refractivity contribution is -0.143. The number of aliphatic hydroxyl groups is 2. The van der Waals surface area contributed by atoms with Gasteiger partial charge in [-0.15, -0.1) is 0 Å². The number of carbonyl (C=O) groups excluding carboxylic acids is 1. The molecule has 7 heteroatoms. The van der Waals surface area contributed by atoms with Crippen LogP contribution in [-0.2, 0) is 18.7 Å². The molecule has 2 aliphatic heterocycles. The molecule has 2 aliphatic rings. The summed E-state index contributed by atoms with van der Waals surface area (Å²) in [6, 6.07) is 21.2. The minimum Gasteiger partial charge on any atom is -0.490 e. The summed E-state index contributed by atoms with van der Waals surface area (Å²) in [6.07, 6.45) is 9.71. The lowest BCUT2D eigenvalue weighted by Gasteiger charge is -2.47. The number of cyclic esters (lactones) is 1. The fraction of sp³-hybridized carbons (Fsp3) is 0.512. The monoisotopic (exact) mass is 700 g/mol. The van der Waals surface area contributed by atoms with E-state index in [0.717, 1.165) is 17.6 Å². The van der Waals surface area contributed by atoms with Gasteiger partial charge in [0.15, 0.2) is 0 Å². The van der Waals surface area contributed by atoms with E-state index in [1.54, 1.807) is 0 Å². The van der Waals surface area contributed by atoms with Crippen molar-refractivity contribution < 1.29 is 28.9 Å². The summed E-state index contributed by atoms with van der Waals surface area (Å²) in [5, 5.41) is 25.3. The Balaban J connectivity index is 1.81. The summed E-state index contributed by atoms with van der Waals surface area (Å²) >= 11 is 0. The molecule has 2 aromatic carbocycles. The summed E-state index contributed by atoms with van der Waals surface area (Å²) in [4.78, 5) is 13.6. The summed E-state index contributed by atoms with van der Waals surface area (Å²) in [5.74, 6) is -0.176. The number of allylic oxidation sites excluding steroid dienone is 2. The van der Waals surface area contributed by atoms with E-state index in [1.807, 2.05) is 71.9 Å². The predicted molar refractivity (Wildman–Crippen MR) is 206 cm³/mol. The van der Waals surface area contributed by atoms with Crippen LogP contribution in [-0.4, -0.2) is 55.0 Å². The Hall–Kier alpha value is -3.23. The highest BCUT2D eigenvalue weighted by atomic mass is 28.4. The molecule has 6 atom stereocenters. The molecule has 0 unspecified atom stereocenters. The second-order valence-electron chi connectivity index (χ2n) is 15.9. The molecule has 0 aromatic heterocycles. The van der Waals surface area contributed by atoms with E-state index in [0.29, 0.717) is 31.4 Å². The second-order valence-corrected chi connectivity index (χ2v) is 20.1. The van der Waals surface area contributed by atoms with Gasteiger partial charge in [-0.2, -0.15) is 0 Å². The van der Waals surface area contributed by atoms with Crippen molar-refractivity contribution in [2.45, 2.75) is 130 Å². The maximum atomic E-state index is 13.6. The maximum absolute atomic E-state index is 13.6. The van der Waals surface area contributed by atoms with Gasteiger partial charge in [-0.05, 0) is 60.2 Å². The third-order valence-electron chi connectivity index (χ3n) is 10.5. The normalized spacial score (nSPS) is 29.2. The SMILES string of the molecule is C/C=C/CC[C@@H]1C/C=C(\C)[C@@H](O)C(C)(C)[C@H](O)[C@@H](C)/C=C(\C)[C@@H]2C[C@H](O[Si](c3ccccc3)(c3ccccc3)C(C)(C)C)CC(=CC(=O)O1)O2. The average Bonchev–Trinajstić information content (AvgIpc) is 3.08. The third-order valence-corrected chi connectivity index (χ3v) is 15.6. The molecule has 272 valence electrons. The summed E-state index contributed by atoms with van der Waals surface area (Å²) in [7, 11) is -2.91. The first-order chi connectivity index (χ1) is 23.6. The molecule has 2 aromatic rings. The topological polar surface area (TPSA) is 85.2 Å². The first-order valence-electron chi connectivity index (χ1n) is 18.3. The molecule has 6 nitrogen and oxygen atoms in total. The van der Waals surface area contributed by atoms with Crippen molar-refractivity contribution in [3.8, 4) is 0 Å². The average molecular weight is 701 g/mol. The summed E-state index contributed by atoms with van der Waals surface area (Å²) < 4.78 is 20.2. The van der Waals surface area contributed by atoms with Gasteiger partial charge < -0.3 is 24.1 Å². The molecule has 0 saturated carbocycles. The molecular formula is C43H60O6Si. The number of hydrogen-bond acceptors (Lipinski definition) is 6. The van der Waals surface area contributed by atoms with Crippen molar-refractivity contribution >= 4 is 24.7 Å². The number of fused-ring (bicyclic) bond motifs is 2. The maximum Gasteiger partial charge on any atom is 0.334 e. The number of ether oxygens (including phenoxy) is 2. The molecule has 0 spiro atoms. The van der Waals surface area contributed by atoms with Gasteiger partial charge in [0.2, 0.25) is 0 Å². The molecule has 1 saturated heterocycles. The van der Waals surface area contributed by atoms with Gasteiger partial charge in [-0.3, -0.25) is 0 Å². The highest BCUT2D eigenvalue weighted by Crippen LogP contribution is 2.41. The molecule has 0 aliphatic carbocycles. The Morgan fingerprint density at radius 3 is 2.12 bits per heavy atom. The van der Waals surface area contributed by atoms with Crippen LogP contribution in [0.5, 0.6) is 0 Å². The Labute approximate surface area is 302 Å². The molecule has 0 amide bonds. The Morgan fingerprint density at radius 1 is 0.960 bits per heavy atom. The van der Waals surface area contributed by atoms with Crippen molar-refractivity contribution in [2.24, 2.45) is 11.3 Å². The van der Waals surface area contributed by atoms with Crippen LogP contribution >= 0.6 is 0 Å². The second kappa shape index (κ2) is 16.9. The van der Waals surface area contributed by atoms with Crippen LogP contribution in [0.1, 0.15) is 94.4 Å². The van der Waals surface area contributed by atoms with E-state index < -0.39 is 31.9 Å². The van der Waals surface area contributed by atoms with Gasteiger partial charge in [0, 0.05) is 30.6 Å². The lowest BCUT2D eigenvalue weighted by Crippen LogP contribution is -2.68. The molecular weight excluding hydrogens is 641 g/mol. The van der Waals surface area contributed by atoms with Gasteiger partial charge in [-0.25, -0.2) is 4.79 Å². The minimum atomic E-state index is -2.91. The van der Waals surface area contributed by atoms with Crippen LogP contribution in [0.4, 0.5) is 0 Å². The van der Waals surface area contributed by atoms with Crippen molar-refractivity contribution in [1.82, 2.24) is 0 Å². The molecule has 0 radical (unpaired) electrons. The van der Waals surface area contributed by atoms with E-state index in [-0.39, 0.29) is 29.3 Å². The Bertz CT molecular complexity index is 1490. The van der Waals surface area contributed by atoms with Crippen LogP contribution in [0.25, 0.3) is 0 Å². The van der Waals surface area contributed by atoms with E-state index in [4.69, 9.17) is 13.9 Å². The zero-order valence-electron chi connectivity index (χ0n) is 31.7. The number of esters is 1. The van der Waals surface area contributed by atoms with Crippen molar-refractivity contribution in [3.05, 3.63) is 108 Å². The largest absolute Gasteiger partial charge is 0.490 e. The Kier molecular flexibility index (Phi) is 13.3. The quantitative estimate of drug-likeness (QED) is 0.173. The van der Waals surface area contributed by atoms with Crippen LogP contribution in [0, 0.1) is 11.3 Å². The van der Waals surface area contributed by atoms with Gasteiger partial charge in [-0.1, -0.05) is 127 Å². The zero-order chi connectivity index (χ0) is 36.7. The van der Waals surface area contributed by atoms with Gasteiger partial charge in [0.05, 0.1) is 24.4 Å². The van der Waals surface area contributed by atoms with Crippen LogP contribution in [0.2, 0.25) is 5.04 Å². The minimum absolute atomic E-state index is 0.220.